The molecular weight excluding hydrogens is 184 g/mol. The second-order valence-corrected chi connectivity index (χ2v) is 3.73. The van der Waals surface area contributed by atoms with Crippen molar-refractivity contribution in [2.75, 3.05) is 0 Å². The lowest BCUT2D eigenvalue weighted by atomic mass is 10.5. The van der Waals surface area contributed by atoms with E-state index < -0.39 is 0 Å². The average molecular weight is 194 g/mol. The zero-order chi connectivity index (χ0) is 9.10. The zero-order valence-corrected chi connectivity index (χ0v) is 8.10. The Morgan fingerprint density at radius 1 is 1.54 bits per heavy atom. The fraction of sp³-hybridized carbons (Fsp3) is 0.222. The first-order valence-corrected chi connectivity index (χ1v) is 5.00. The Labute approximate surface area is 80.5 Å². The van der Waals surface area contributed by atoms with Crippen molar-refractivity contribution in [3.63, 3.8) is 0 Å². The molecule has 4 heteroatoms. The first kappa shape index (κ1) is 8.44. The molecule has 0 spiro atoms. The molecular formula is C9H10N2OS. The highest BCUT2D eigenvalue weighted by Crippen LogP contribution is 2.25. The quantitative estimate of drug-likeness (QED) is 0.763. The summed E-state index contributed by atoms with van der Waals surface area (Å²) < 4.78 is 5.19. The molecule has 0 aromatic carbocycles. The minimum atomic E-state index is 0.903. The van der Waals surface area contributed by atoms with Gasteiger partial charge in [0.1, 0.15) is 5.76 Å². The fourth-order valence-corrected chi connectivity index (χ4v) is 1.92. The van der Waals surface area contributed by atoms with Gasteiger partial charge in [0.05, 0.1) is 6.26 Å². The number of thioether (sulfide) groups is 1. The molecule has 1 N–H and O–H groups in total. The van der Waals surface area contributed by atoms with Crippen LogP contribution in [0.4, 0.5) is 0 Å². The van der Waals surface area contributed by atoms with Gasteiger partial charge in [0, 0.05) is 22.5 Å². The average Bonchev–Trinajstić information content (AvgIpc) is 2.72. The summed E-state index contributed by atoms with van der Waals surface area (Å²) in [5.41, 5.74) is 1.13. The topological polar surface area (TPSA) is 41.8 Å². The number of H-pyrrole nitrogens is 1. The van der Waals surface area contributed by atoms with Gasteiger partial charge in [-0.3, -0.25) is 5.10 Å². The summed E-state index contributed by atoms with van der Waals surface area (Å²) in [7, 11) is 0. The van der Waals surface area contributed by atoms with Gasteiger partial charge in [-0.05, 0) is 19.1 Å². The van der Waals surface area contributed by atoms with Crippen LogP contribution >= 0.6 is 11.8 Å². The van der Waals surface area contributed by atoms with Gasteiger partial charge in [-0.1, -0.05) is 0 Å². The van der Waals surface area contributed by atoms with Crippen molar-refractivity contribution in [2.45, 2.75) is 17.6 Å². The van der Waals surface area contributed by atoms with E-state index in [4.69, 9.17) is 4.42 Å². The van der Waals surface area contributed by atoms with Crippen LogP contribution < -0.4 is 0 Å². The Bertz CT molecular complexity index is 367. The molecule has 13 heavy (non-hydrogen) atoms. The molecule has 68 valence electrons. The maximum absolute atomic E-state index is 5.19. The van der Waals surface area contributed by atoms with Gasteiger partial charge in [0.2, 0.25) is 0 Å². The van der Waals surface area contributed by atoms with E-state index in [1.165, 1.54) is 4.90 Å². The largest absolute Gasteiger partial charge is 0.468 e. The van der Waals surface area contributed by atoms with E-state index in [2.05, 4.69) is 10.2 Å². The Morgan fingerprint density at radius 2 is 2.46 bits per heavy atom. The van der Waals surface area contributed by atoms with Crippen LogP contribution in [-0.2, 0) is 5.75 Å². The van der Waals surface area contributed by atoms with Gasteiger partial charge in [0.25, 0.3) is 0 Å². The standard InChI is InChI=1S/C9H10N2OS/c1-7-9(3-5-12-7)13-6-8-2-4-10-11-8/h2-5H,6H2,1H3,(H,10,11). The van der Waals surface area contributed by atoms with E-state index in [1.807, 2.05) is 19.1 Å². The normalized spacial score (nSPS) is 10.5. The van der Waals surface area contributed by atoms with E-state index in [-0.39, 0.29) is 0 Å². The molecule has 0 aliphatic carbocycles. The van der Waals surface area contributed by atoms with E-state index in [1.54, 1.807) is 24.2 Å². The molecule has 2 rings (SSSR count). The van der Waals surface area contributed by atoms with Crippen LogP contribution in [0, 0.1) is 6.92 Å². The predicted octanol–water partition coefficient (Wildman–Crippen LogP) is 2.60. The van der Waals surface area contributed by atoms with Crippen LogP contribution in [0.5, 0.6) is 0 Å². The smallest absolute Gasteiger partial charge is 0.114 e. The molecule has 2 heterocycles. The zero-order valence-electron chi connectivity index (χ0n) is 7.28. The number of hydrogen-bond acceptors (Lipinski definition) is 3. The van der Waals surface area contributed by atoms with Crippen molar-refractivity contribution >= 4 is 11.8 Å². The molecule has 3 nitrogen and oxygen atoms in total. The minimum Gasteiger partial charge on any atom is -0.468 e. The molecule has 0 fully saturated rings. The third kappa shape index (κ3) is 1.95. The number of nitrogens with one attached hydrogen (secondary N) is 1. The van der Waals surface area contributed by atoms with Crippen LogP contribution in [0.1, 0.15) is 11.5 Å². The highest BCUT2D eigenvalue weighted by molar-refractivity contribution is 7.98. The predicted molar refractivity (Wildman–Crippen MR) is 51.6 cm³/mol. The fourth-order valence-electron chi connectivity index (χ4n) is 1.04. The molecule has 0 atom stereocenters. The third-order valence-corrected chi connectivity index (χ3v) is 2.94. The van der Waals surface area contributed by atoms with E-state index in [9.17, 15) is 0 Å². The lowest BCUT2D eigenvalue weighted by molar-refractivity contribution is 0.527. The minimum absolute atomic E-state index is 0.903. The lowest BCUT2D eigenvalue weighted by Crippen LogP contribution is -1.80. The van der Waals surface area contributed by atoms with Crippen molar-refractivity contribution < 1.29 is 4.42 Å². The molecule has 0 aliphatic heterocycles. The number of furan rings is 1. The monoisotopic (exact) mass is 194 g/mol. The van der Waals surface area contributed by atoms with Gasteiger partial charge in [-0.2, -0.15) is 5.10 Å². The van der Waals surface area contributed by atoms with Crippen molar-refractivity contribution in [1.82, 2.24) is 10.2 Å². The summed E-state index contributed by atoms with van der Waals surface area (Å²) in [6, 6.07) is 3.96. The lowest BCUT2D eigenvalue weighted by Gasteiger charge is -1.95. The summed E-state index contributed by atoms with van der Waals surface area (Å²) >= 11 is 1.75. The Hall–Kier alpha value is -1.16. The highest BCUT2D eigenvalue weighted by atomic mass is 32.2. The van der Waals surface area contributed by atoms with Gasteiger partial charge in [-0.25, -0.2) is 0 Å². The van der Waals surface area contributed by atoms with Crippen LogP contribution in [0.3, 0.4) is 0 Å². The van der Waals surface area contributed by atoms with Crippen molar-refractivity contribution in [3.05, 3.63) is 36.0 Å². The van der Waals surface area contributed by atoms with Gasteiger partial charge >= 0.3 is 0 Å². The van der Waals surface area contributed by atoms with E-state index in [0.717, 1.165) is 17.2 Å². The van der Waals surface area contributed by atoms with Crippen LogP contribution in [-0.4, -0.2) is 10.2 Å². The molecule has 0 saturated carbocycles. The highest BCUT2D eigenvalue weighted by Gasteiger charge is 2.02. The number of nitrogens with zero attached hydrogens (tertiary/aromatic N) is 1. The third-order valence-electron chi connectivity index (χ3n) is 1.75. The second kappa shape index (κ2) is 3.70. The van der Waals surface area contributed by atoms with Crippen molar-refractivity contribution in [1.29, 1.82) is 0 Å². The van der Waals surface area contributed by atoms with E-state index in [0.29, 0.717) is 0 Å². The summed E-state index contributed by atoms with van der Waals surface area (Å²) in [4.78, 5) is 1.19. The first-order valence-electron chi connectivity index (χ1n) is 4.01. The van der Waals surface area contributed by atoms with Gasteiger partial charge in [-0.15, -0.1) is 11.8 Å². The van der Waals surface area contributed by atoms with E-state index >= 15 is 0 Å². The molecule has 2 aromatic heterocycles. The van der Waals surface area contributed by atoms with Crippen LogP contribution in [0.2, 0.25) is 0 Å². The number of rotatable bonds is 3. The first-order chi connectivity index (χ1) is 6.36. The van der Waals surface area contributed by atoms with Crippen molar-refractivity contribution in [2.24, 2.45) is 0 Å². The van der Waals surface area contributed by atoms with Crippen LogP contribution in [0.15, 0.2) is 33.9 Å². The maximum Gasteiger partial charge on any atom is 0.114 e. The van der Waals surface area contributed by atoms with Gasteiger partial charge < -0.3 is 4.42 Å². The Kier molecular flexibility index (Phi) is 2.40. The Morgan fingerprint density at radius 3 is 3.08 bits per heavy atom. The molecule has 2 aromatic rings. The summed E-state index contributed by atoms with van der Waals surface area (Å²) in [6.45, 7) is 1.97. The molecule has 0 unspecified atom stereocenters. The number of aryl methyl sites for hydroxylation is 1. The van der Waals surface area contributed by atoms with Gasteiger partial charge in [0.15, 0.2) is 0 Å². The SMILES string of the molecule is Cc1occc1SCc1ccn[nH]1. The number of aromatic amines is 1. The molecule has 0 amide bonds. The summed E-state index contributed by atoms with van der Waals surface area (Å²) in [6.07, 6.45) is 3.47. The summed E-state index contributed by atoms with van der Waals surface area (Å²) in [5.74, 6) is 1.88. The molecule has 0 aliphatic rings. The van der Waals surface area contributed by atoms with Crippen LogP contribution in [0.25, 0.3) is 0 Å². The molecule has 0 saturated heterocycles. The molecule has 0 radical (unpaired) electrons. The van der Waals surface area contributed by atoms with Crippen molar-refractivity contribution in [3.8, 4) is 0 Å². The molecule has 0 bridgehead atoms. The maximum atomic E-state index is 5.19. The number of hydrogen-bond donors (Lipinski definition) is 1. The number of aromatic nitrogens is 2. The Balaban J connectivity index is 1.97. The second-order valence-electron chi connectivity index (χ2n) is 2.71. The summed E-state index contributed by atoms with van der Waals surface area (Å²) in [5, 5.41) is 6.80.